The number of carbonyl (C=O) groups is 3. The van der Waals surface area contributed by atoms with E-state index in [2.05, 4.69) is 57.2 Å². The highest BCUT2D eigenvalue weighted by molar-refractivity contribution is 7.47. The van der Waals surface area contributed by atoms with Crippen molar-refractivity contribution in [2.75, 3.05) is 26.4 Å². The summed E-state index contributed by atoms with van der Waals surface area (Å²) in [6, 6.07) is 0. The first kappa shape index (κ1) is 63.7. The van der Waals surface area contributed by atoms with Gasteiger partial charge in [-0.3, -0.25) is 23.4 Å². The fourth-order valence-electron chi connectivity index (χ4n) is 7.49. The minimum atomic E-state index is -4.74. The normalized spacial score (nSPS) is 13.7. The number of unbranched alkanes of at least 4 members (excludes halogenated alkanes) is 27. The van der Waals surface area contributed by atoms with Gasteiger partial charge in [0.05, 0.1) is 19.8 Å². The van der Waals surface area contributed by atoms with Crippen LogP contribution in [0.4, 0.5) is 0 Å². The van der Waals surface area contributed by atoms with E-state index in [-0.39, 0.29) is 25.9 Å². The molecule has 0 aromatic rings. The van der Waals surface area contributed by atoms with Crippen LogP contribution < -0.4 is 0 Å². The third-order valence-electron chi connectivity index (χ3n) is 11.6. The lowest BCUT2D eigenvalue weighted by Crippen LogP contribution is -2.30. The molecule has 11 nitrogen and oxygen atoms in total. The Kier molecular flexibility index (Phi) is 47.4. The number of phosphoric ester groups is 1. The molecule has 0 aliphatic carbocycles. The van der Waals surface area contributed by atoms with Crippen LogP contribution in [0.2, 0.25) is 0 Å². The van der Waals surface area contributed by atoms with Gasteiger partial charge in [-0.05, 0) is 51.4 Å². The van der Waals surface area contributed by atoms with Gasteiger partial charge in [0, 0.05) is 19.3 Å². The average Bonchev–Trinajstić information content (AvgIpc) is 3.30. The molecule has 0 saturated carbocycles. The fourth-order valence-corrected chi connectivity index (χ4v) is 8.27. The summed E-state index contributed by atoms with van der Waals surface area (Å²) in [7, 11) is -4.74. The summed E-state index contributed by atoms with van der Waals surface area (Å²) < 4.78 is 39.4. The molecular weight excluding hydrogens is 856 g/mol. The number of aliphatic hydroxyl groups is 1. The Hall–Kier alpha value is -2.30. The fraction of sp³-hybridized carbons (Fsp3) is 0.833. The number of hydrogen-bond donors (Lipinski definition) is 2. The minimum absolute atomic E-state index is 0.145. The van der Waals surface area contributed by atoms with Gasteiger partial charge < -0.3 is 24.2 Å². The number of carbonyl (C=O) groups excluding carboxylic acids is 3. The highest BCUT2D eigenvalue weighted by Crippen LogP contribution is 2.43. The van der Waals surface area contributed by atoms with E-state index in [4.69, 9.17) is 23.3 Å². The van der Waals surface area contributed by atoms with Crippen LogP contribution in [-0.4, -0.2) is 66.5 Å². The summed E-state index contributed by atoms with van der Waals surface area (Å²) in [6.07, 6.45) is 48.3. The molecule has 0 rings (SSSR count). The monoisotopic (exact) mass is 955 g/mol. The molecule has 0 radical (unpaired) electrons. The predicted molar refractivity (Wildman–Crippen MR) is 270 cm³/mol. The van der Waals surface area contributed by atoms with Gasteiger partial charge in [-0.15, -0.1) is 0 Å². The van der Waals surface area contributed by atoms with Crippen molar-refractivity contribution in [1.29, 1.82) is 0 Å². The summed E-state index contributed by atoms with van der Waals surface area (Å²) >= 11 is 0. The van der Waals surface area contributed by atoms with Crippen LogP contribution in [-0.2, 0) is 42.2 Å². The molecule has 0 aliphatic rings. The standard InChI is InChI=1S/C54H99O11P/c1-4-7-10-13-16-19-22-24-25-27-30-33-36-39-42-45-54(58)65-51(47-61-52(56)43-40-37-34-31-28-21-18-15-12-9-6-3)49-63-66(59,60)62-48-50(46-55)64-53(57)44-41-38-35-32-29-26-23-20-17-14-11-8-5-2/h8,11,17,20,26,29,50-51,55H,4-7,9-10,12-16,18-19,21-25,27-28,30-49H2,1-3H3,(H,59,60)/b11-8-,20-17-,29-26-. The topological polar surface area (TPSA) is 155 Å². The second-order valence-electron chi connectivity index (χ2n) is 18.0. The van der Waals surface area contributed by atoms with Crippen LogP contribution >= 0.6 is 7.82 Å². The molecular formula is C54H99O11P. The molecule has 0 heterocycles. The van der Waals surface area contributed by atoms with E-state index < -0.39 is 57.8 Å². The van der Waals surface area contributed by atoms with E-state index >= 15 is 0 Å². The SMILES string of the molecule is CC/C=C\C/C=C\C/C=C\CCCCCC(=O)OC(CO)COP(=O)(O)OCC(COC(=O)CCCCCCCCCCCCC)OC(=O)CCCCCCCCCCCCCCCCC. The number of rotatable bonds is 50. The van der Waals surface area contributed by atoms with Gasteiger partial charge in [-0.1, -0.05) is 218 Å². The van der Waals surface area contributed by atoms with Gasteiger partial charge in [0.1, 0.15) is 12.7 Å². The van der Waals surface area contributed by atoms with Crippen molar-refractivity contribution in [3.8, 4) is 0 Å². The van der Waals surface area contributed by atoms with E-state index in [0.29, 0.717) is 19.3 Å². The maximum Gasteiger partial charge on any atom is 0.472 e. The van der Waals surface area contributed by atoms with Crippen LogP contribution in [0.3, 0.4) is 0 Å². The third-order valence-corrected chi connectivity index (χ3v) is 12.5. The maximum absolute atomic E-state index is 12.8. The largest absolute Gasteiger partial charge is 0.472 e. The van der Waals surface area contributed by atoms with Crippen LogP contribution in [0.15, 0.2) is 36.5 Å². The molecule has 3 atom stereocenters. The molecule has 0 saturated heterocycles. The quantitative estimate of drug-likeness (QED) is 0.0197. The van der Waals surface area contributed by atoms with Crippen molar-refractivity contribution in [2.24, 2.45) is 0 Å². The molecule has 66 heavy (non-hydrogen) atoms. The van der Waals surface area contributed by atoms with E-state index in [9.17, 15) is 28.9 Å². The molecule has 0 aromatic carbocycles. The second-order valence-corrected chi connectivity index (χ2v) is 19.5. The van der Waals surface area contributed by atoms with Crippen LogP contribution in [0.25, 0.3) is 0 Å². The zero-order valence-electron chi connectivity index (χ0n) is 42.4. The lowest BCUT2D eigenvalue weighted by molar-refractivity contribution is -0.161. The second kappa shape index (κ2) is 49.1. The van der Waals surface area contributed by atoms with Crippen LogP contribution in [0.1, 0.15) is 252 Å². The Morgan fingerprint density at radius 1 is 0.439 bits per heavy atom. The Labute approximate surface area is 403 Å². The molecule has 0 fully saturated rings. The Morgan fingerprint density at radius 2 is 0.788 bits per heavy atom. The van der Waals surface area contributed by atoms with Gasteiger partial charge in [0.2, 0.25) is 0 Å². The lowest BCUT2D eigenvalue weighted by Gasteiger charge is -2.21. The average molecular weight is 955 g/mol. The molecule has 0 aromatic heterocycles. The van der Waals surface area contributed by atoms with Gasteiger partial charge >= 0.3 is 25.7 Å². The van der Waals surface area contributed by atoms with Crippen molar-refractivity contribution in [2.45, 2.75) is 264 Å². The first-order valence-corrected chi connectivity index (χ1v) is 28.4. The number of allylic oxidation sites excluding steroid dienone is 6. The van der Waals surface area contributed by atoms with Crippen molar-refractivity contribution in [1.82, 2.24) is 0 Å². The third kappa shape index (κ3) is 46.8. The summed E-state index contributed by atoms with van der Waals surface area (Å²) in [5.41, 5.74) is 0. The number of phosphoric acid groups is 1. The summed E-state index contributed by atoms with van der Waals surface area (Å²) in [6.45, 7) is 4.51. The van der Waals surface area contributed by atoms with Gasteiger partial charge in [-0.25, -0.2) is 4.57 Å². The van der Waals surface area contributed by atoms with E-state index in [0.717, 1.165) is 77.0 Å². The number of aliphatic hydroxyl groups excluding tert-OH is 1. The molecule has 3 unspecified atom stereocenters. The molecule has 0 aliphatic heterocycles. The number of esters is 3. The zero-order chi connectivity index (χ0) is 48.4. The minimum Gasteiger partial charge on any atom is -0.462 e. The first-order valence-electron chi connectivity index (χ1n) is 26.9. The molecule has 386 valence electrons. The van der Waals surface area contributed by atoms with Crippen molar-refractivity contribution in [3.63, 3.8) is 0 Å². The van der Waals surface area contributed by atoms with E-state index in [1.165, 1.54) is 116 Å². The van der Waals surface area contributed by atoms with Crippen LogP contribution in [0, 0.1) is 0 Å². The highest BCUT2D eigenvalue weighted by Gasteiger charge is 2.28. The van der Waals surface area contributed by atoms with E-state index in [1.807, 2.05) is 0 Å². The summed E-state index contributed by atoms with van der Waals surface area (Å²) in [5, 5.41) is 9.77. The van der Waals surface area contributed by atoms with Gasteiger partial charge in [0.25, 0.3) is 0 Å². The number of ether oxygens (including phenoxy) is 3. The smallest absolute Gasteiger partial charge is 0.462 e. The first-order chi connectivity index (χ1) is 32.2. The Balaban J connectivity index is 4.72. The highest BCUT2D eigenvalue weighted by atomic mass is 31.2. The van der Waals surface area contributed by atoms with Gasteiger partial charge in [-0.2, -0.15) is 0 Å². The summed E-state index contributed by atoms with van der Waals surface area (Å²) in [5.74, 6) is -1.48. The maximum atomic E-state index is 12.8. The van der Waals surface area contributed by atoms with Crippen LogP contribution in [0.5, 0.6) is 0 Å². The molecule has 0 bridgehead atoms. The molecule has 2 N–H and O–H groups in total. The molecule has 12 heteroatoms. The predicted octanol–water partition coefficient (Wildman–Crippen LogP) is 15.3. The summed E-state index contributed by atoms with van der Waals surface area (Å²) in [4.78, 5) is 48.3. The molecule has 0 amide bonds. The lowest BCUT2D eigenvalue weighted by atomic mass is 10.0. The molecule has 0 spiro atoms. The van der Waals surface area contributed by atoms with Crippen molar-refractivity contribution < 1.29 is 52.2 Å². The van der Waals surface area contributed by atoms with Crippen molar-refractivity contribution >= 4 is 25.7 Å². The Bertz CT molecular complexity index is 1250. The Morgan fingerprint density at radius 3 is 1.21 bits per heavy atom. The van der Waals surface area contributed by atoms with E-state index in [1.54, 1.807) is 0 Å². The van der Waals surface area contributed by atoms with Crippen molar-refractivity contribution in [3.05, 3.63) is 36.5 Å². The van der Waals surface area contributed by atoms with Gasteiger partial charge in [0.15, 0.2) is 6.10 Å². The number of hydrogen-bond acceptors (Lipinski definition) is 10. The zero-order valence-corrected chi connectivity index (χ0v) is 43.3.